The topological polar surface area (TPSA) is 90.5 Å². The zero-order chi connectivity index (χ0) is 15.8. The third-order valence-electron chi connectivity index (χ3n) is 3.51. The average Bonchev–Trinajstić information content (AvgIpc) is 2.94. The maximum atomic E-state index is 11.8. The van der Waals surface area contributed by atoms with Crippen LogP contribution in [0.4, 0.5) is 5.69 Å². The molecule has 21 heavy (non-hydrogen) atoms. The van der Waals surface area contributed by atoms with Gasteiger partial charge < -0.3 is 4.84 Å². The molecule has 1 saturated heterocycles. The van der Waals surface area contributed by atoms with E-state index in [0.29, 0.717) is 18.8 Å². The summed E-state index contributed by atoms with van der Waals surface area (Å²) in [7, 11) is 0. The summed E-state index contributed by atoms with van der Waals surface area (Å²) in [4.78, 5) is 27.6. The van der Waals surface area contributed by atoms with Crippen LogP contribution in [0.15, 0.2) is 6.20 Å². The van der Waals surface area contributed by atoms with Crippen LogP contribution in [0.2, 0.25) is 0 Å². The van der Waals surface area contributed by atoms with Crippen molar-refractivity contribution in [1.29, 1.82) is 0 Å². The maximum absolute atomic E-state index is 11.8. The van der Waals surface area contributed by atoms with Gasteiger partial charge in [-0.2, -0.15) is 5.10 Å². The number of hydrogen-bond acceptors (Lipinski definition) is 6. The Hall–Kier alpha value is -1.96. The van der Waals surface area contributed by atoms with Gasteiger partial charge in [0.25, 0.3) is 0 Å². The van der Waals surface area contributed by atoms with Crippen LogP contribution in [0.1, 0.15) is 38.9 Å². The largest absolute Gasteiger partial charge is 0.367 e. The van der Waals surface area contributed by atoms with Crippen molar-refractivity contribution in [2.75, 3.05) is 13.1 Å². The summed E-state index contributed by atoms with van der Waals surface area (Å²) < 4.78 is 1.64. The zero-order valence-electron chi connectivity index (χ0n) is 12.7. The normalized spacial score (nSPS) is 19.7. The van der Waals surface area contributed by atoms with E-state index in [1.807, 2.05) is 0 Å². The Balaban J connectivity index is 2.03. The monoisotopic (exact) mass is 296 g/mol. The molecule has 116 valence electrons. The molecule has 1 fully saturated rings. The van der Waals surface area contributed by atoms with Gasteiger partial charge in [0.2, 0.25) is 0 Å². The lowest BCUT2D eigenvalue weighted by Gasteiger charge is -2.22. The molecule has 0 radical (unpaired) electrons. The SMILES string of the molecule is Cc1c([N+](=O)[O-])cnn1C1CCN(OC(=O)C(C)(C)C)C1. The predicted octanol–water partition coefficient (Wildman–Crippen LogP) is 1.85. The van der Waals surface area contributed by atoms with Crippen molar-refractivity contribution in [3.05, 3.63) is 22.0 Å². The van der Waals surface area contributed by atoms with Gasteiger partial charge in [0.05, 0.1) is 22.9 Å². The molecular formula is C13H20N4O4. The summed E-state index contributed by atoms with van der Waals surface area (Å²) in [6.07, 6.45) is 2.00. The minimum atomic E-state index is -0.557. The van der Waals surface area contributed by atoms with E-state index in [-0.39, 0.29) is 17.7 Å². The molecule has 1 atom stereocenters. The molecular weight excluding hydrogens is 276 g/mol. The Morgan fingerprint density at radius 3 is 2.71 bits per heavy atom. The molecule has 1 aliphatic rings. The van der Waals surface area contributed by atoms with Gasteiger partial charge in [0, 0.05) is 6.54 Å². The van der Waals surface area contributed by atoms with Gasteiger partial charge in [0.15, 0.2) is 0 Å². The van der Waals surface area contributed by atoms with Crippen LogP contribution < -0.4 is 0 Å². The fourth-order valence-electron chi connectivity index (χ4n) is 2.21. The minimum Gasteiger partial charge on any atom is -0.367 e. The second-order valence-electron chi connectivity index (χ2n) is 6.28. The summed E-state index contributed by atoms with van der Waals surface area (Å²) in [5.74, 6) is -0.286. The molecule has 0 bridgehead atoms. The van der Waals surface area contributed by atoms with Gasteiger partial charge in [0.1, 0.15) is 11.9 Å². The van der Waals surface area contributed by atoms with Gasteiger partial charge in [-0.25, -0.2) is 4.79 Å². The highest BCUT2D eigenvalue weighted by molar-refractivity contribution is 5.75. The zero-order valence-corrected chi connectivity index (χ0v) is 12.7. The third kappa shape index (κ3) is 3.21. The molecule has 1 aromatic heterocycles. The van der Waals surface area contributed by atoms with Gasteiger partial charge in [-0.15, -0.1) is 5.06 Å². The van der Waals surface area contributed by atoms with Gasteiger partial charge >= 0.3 is 11.7 Å². The van der Waals surface area contributed by atoms with Crippen LogP contribution in [0.25, 0.3) is 0 Å². The Kier molecular flexibility index (Phi) is 3.99. The molecule has 1 aromatic rings. The molecule has 0 N–H and O–H groups in total. The van der Waals surface area contributed by atoms with E-state index in [0.717, 1.165) is 6.42 Å². The molecule has 2 heterocycles. The van der Waals surface area contributed by atoms with Crippen LogP contribution in [-0.4, -0.2) is 38.8 Å². The Labute approximate surface area is 122 Å². The van der Waals surface area contributed by atoms with Crippen molar-refractivity contribution in [3.63, 3.8) is 0 Å². The number of hydroxylamine groups is 2. The van der Waals surface area contributed by atoms with E-state index in [4.69, 9.17) is 4.84 Å². The molecule has 1 unspecified atom stereocenters. The highest BCUT2D eigenvalue weighted by atomic mass is 16.7. The lowest BCUT2D eigenvalue weighted by Crippen LogP contribution is -2.32. The Morgan fingerprint density at radius 2 is 2.19 bits per heavy atom. The quantitative estimate of drug-likeness (QED) is 0.624. The lowest BCUT2D eigenvalue weighted by atomic mass is 9.98. The highest BCUT2D eigenvalue weighted by Crippen LogP contribution is 2.27. The first-order valence-electron chi connectivity index (χ1n) is 6.86. The third-order valence-corrected chi connectivity index (χ3v) is 3.51. The number of nitrogens with zero attached hydrogens (tertiary/aromatic N) is 4. The summed E-state index contributed by atoms with van der Waals surface area (Å²) in [6, 6.07) is -0.0218. The van der Waals surface area contributed by atoms with Crippen LogP contribution in [0.3, 0.4) is 0 Å². The molecule has 8 heteroatoms. The first kappa shape index (κ1) is 15.4. The molecule has 8 nitrogen and oxygen atoms in total. The molecule has 1 aliphatic heterocycles. The van der Waals surface area contributed by atoms with Crippen LogP contribution in [0.5, 0.6) is 0 Å². The summed E-state index contributed by atoms with van der Waals surface area (Å²) in [5, 5.41) is 16.5. The maximum Gasteiger partial charge on any atom is 0.330 e. The van der Waals surface area contributed by atoms with E-state index in [1.165, 1.54) is 6.20 Å². The van der Waals surface area contributed by atoms with Crippen molar-refractivity contribution in [1.82, 2.24) is 14.8 Å². The molecule has 0 saturated carbocycles. The first-order valence-corrected chi connectivity index (χ1v) is 6.86. The van der Waals surface area contributed by atoms with Crippen LogP contribution in [0, 0.1) is 22.5 Å². The lowest BCUT2D eigenvalue weighted by molar-refractivity contribution is -0.385. The number of rotatable bonds is 3. The number of carbonyl (C=O) groups excluding carboxylic acids is 1. The van der Waals surface area contributed by atoms with E-state index < -0.39 is 10.3 Å². The number of carbonyl (C=O) groups is 1. The van der Waals surface area contributed by atoms with Crippen molar-refractivity contribution in [3.8, 4) is 0 Å². The average molecular weight is 296 g/mol. The summed E-state index contributed by atoms with van der Waals surface area (Å²) >= 11 is 0. The summed E-state index contributed by atoms with van der Waals surface area (Å²) in [5.41, 5.74) is -0.0208. The van der Waals surface area contributed by atoms with Crippen molar-refractivity contribution in [2.24, 2.45) is 5.41 Å². The number of nitro groups is 1. The minimum absolute atomic E-state index is 0.0140. The van der Waals surface area contributed by atoms with E-state index in [1.54, 1.807) is 37.4 Å². The summed E-state index contributed by atoms with van der Waals surface area (Å²) in [6.45, 7) is 8.15. The Bertz CT molecular complexity index is 561. The number of hydrogen-bond donors (Lipinski definition) is 0. The van der Waals surface area contributed by atoms with Crippen molar-refractivity contribution in [2.45, 2.75) is 40.2 Å². The van der Waals surface area contributed by atoms with Gasteiger partial charge in [-0.3, -0.25) is 14.8 Å². The van der Waals surface area contributed by atoms with Gasteiger partial charge in [-0.05, 0) is 34.1 Å². The van der Waals surface area contributed by atoms with E-state index >= 15 is 0 Å². The molecule has 0 aromatic carbocycles. The van der Waals surface area contributed by atoms with E-state index in [9.17, 15) is 14.9 Å². The molecule has 0 amide bonds. The second-order valence-corrected chi connectivity index (χ2v) is 6.28. The van der Waals surface area contributed by atoms with Crippen LogP contribution >= 0.6 is 0 Å². The smallest absolute Gasteiger partial charge is 0.330 e. The fraction of sp³-hybridized carbons (Fsp3) is 0.692. The van der Waals surface area contributed by atoms with Gasteiger partial charge in [-0.1, -0.05) is 0 Å². The van der Waals surface area contributed by atoms with Crippen LogP contribution in [-0.2, 0) is 9.63 Å². The Morgan fingerprint density at radius 1 is 1.52 bits per heavy atom. The molecule has 0 aliphatic carbocycles. The van der Waals surface area contributed by atoms with E-state index in [2.05, 4.69) is 5.10 Å². The predicted molar refractivity (Wildman–Crippen MR) is 74.4 cm³/mol. The highest BCUT2D eigenvalue weighted by Gasteiger charge is 2.33. The van der Waals surface area contributed by atoms with Crippen molar-refractivity contribution < 1.29 is 14.6 Å². The second kappa shape index (κ2) is 5.44. The molecule has 2 rings (SSSR count). The standard InChI is InChI=1S/C13H20N4O4/c1-9-11(17(19)20)7-14-16(9)10-5-6-15(8-10)21-12(18)13(2,3)4/h7,10H,5-6,8H2,1-4H3. The number of aromatic nitrogens is 2. The molecule has 0 spiro atoms. The first-order chi connectivity index (χ1) is 9.70. The fourth-order valence-corrected chi connectivity index (χ4v) is 2.21. The van der Waals surface area contributed by atoms with Crippen molar-refractivity contribution >= 4 is 11.7 Å².